The van der Waals surface area contributed by atoms with Gasteiger partial charge in [0, 0.05) is 23.8 Å². The molecule has 1 heterocycles. The van der Waals surface area contributed by atoms with E-state index < -0.39 is 0 Å². The minimum atomic E-state index is -0.187. The number of hydrogen-bond donors (Lipinski definition) is 2. The first-order valence-electron chi connectivity index (χ1n) is 8.47. The summed E-state index contributed by atoms with van der Waals surface area (Å²) in [6.07, 6.45) is 3.25. The normalized spacial score (nSPS) is 10.3. The minimum absolute atomic E-state index is 0.187. The van der Waals surface area contributed by atoms with Gasteiger partial charge in [-0.1, -0.05) is 18.2 Å². The standard InChI is InChI=1S/C21H21N3O2S/c1-14-10-11-22-13-17(14)21(25)23-16-8-9-19(26-3)20(12-16)27-24-18-7-5-4-6-15(18)2/h4-13,24H,1-3H3,(H,23,25). The van der Waals surface area contributed by atoms with Crippen molar-refractivity contribution in [3.63, 3.8) is 0 Å². The van der Waals surface area contributed by atoms with E-state index in [2.05, 4.69) is 15.0 Å². The topological polar surface area (TPSA) is 63.2 Å². The molecule has 0 bridgehead atoms. The zero-order valence-electron chi connectivity index (χ0n) is 15.4. The van der Waals surface area contributed by atoms with Gasteiger partial charge in [0.1, 0.15) is 5.75 Å². The number of anilines is 2. The van der Waals surface area contributed by atoms with Crippen molar-refractivity contribution in [2.45, 2.75) is 18.7 Å². The number of carbonyl (C=O) groups is 1. The fourth-order valence-corrected chi connectivity index (χ4v) is 3.42. The maximum absolute atomic E-state index is 12.5. The lowest BCUT2D eigenvalue weighted by Gasteiger charge is -2.13. The molecule has 0 unspecified atom stereocenters. The predicted molar refractivity (Wildman–Crippen MR) is 111 cm³/mol. The van der Waals surface area contributed by atoms with E-state index in [4.69, 9.17) is 4.74 Å². The summed E-state index contributed by atoms with van der Waals surface area (Å²) in [5.41, 5.74) is 4.32. The van der Waals surface area contributed by atoms with Gasteiger partial charge in [0.05, 0.1) is 17.6 Å². The third-order valence-electron chi connectivity index (χ3n) is 4.12. The number of pyridine rings is 1. The number of aryl methyl sites for hydroxylation is 2. The van der Waals surface area contributed by atoms with Gasteiger partial charge in [0.25, 0.3) is 5.91 Å². The minimum Gasteiger partial charge on any atom is -0.496 e. The Morgan fingerprint density at radius 3 is 2.63 bits per heavy atom. The van der Waals surface area contributed by atoms with Crippen LogP contribution in [0.25, 0.3) is 0 Å². The molecular weight excluding hydrogens is 358 g/mol. The summed E-state index contributed by atoms with van der Waals surface area (Å²) in [6, 6.07) is 15.4. The number of nitrogens with one attached hydrogen (secondary N) is 2. The molecule has 0 spiro atoms. The van der Waals surface area contributed by atoms with Crippen LogP contribution in [0.5, 0.6) is 5.75 Å². The second-order valence-electron chi connectivity index (χ2n) is 6.03. The Hall–Kier alpha value is -2.99. The molecule has 0 atom stereocenters. The highest BCUT2D eigenvalue weighted by Gasteiger charge is 2.12. The summed E-state index contributed by atoms with van der Waals surface area (Å²) in [5, 5.41) is 2.92. The number of ether oxygens (including phenoxy) is 1. The van der Waals surface area contributed by atoms with Crippen molar-refractivity contribution in [1.29, 1.82) is 0 Å². The summed E-state index contributed by atoms with van der Waals surface area (Å²) in [4.78, 5) is 17.4. The summed E-state index contributed by atoms with van der Waals surface area (Å²) < 4.78 is 8.78. The average Bonchev–Trinajstić information content (AvgIpc) is 2.68. The quantitative estimate of drug-likeness (QED) is 0.585. The molecule has 3 rings (SSSR count). The Balaban J connectivity index is 1.78. The Labute approximate surface area is 163 Å². The highest BCUT2D eigenvalue weighted by molar-refractivity contribution is 8.00. The lowest BCUT2D eigenvalue weighted by molar-refractivity contribution is 0.102. The fraction of sp³-hybridized carbons (Fsp3) is 0.143. The van der Waals surface area contributed by atoms with Crippen LogP contribution in [0, 0.1) is 13.8 Å². The largest absolute Gasteiger partial charge is 0.496 e. The highest BCUT2D eigenvalue weighted by Crippen LogP contribution is 2.33. The van der Waals surface area contributed by atoms with Crippen molar-refractivity contribution in [1.82, 2.24) is 4.98 Å². The number of carbonyl (C=O) groups excluding carboxylic acids is 1. The van der Waals surface area contributed by atoms with Gasteiger partial charge in [-0.05, 0) is 67.3 Å². The number of nitrogens with zero attached hydrogens (tertiary/aromatic N) is 1. The van der Waals surface area contributed by atoms with E-state index in [-0.39, 0.29) is 5.91 Å². The fourth-order valence-electron chi connectivity index (χ4n) is 2.53. The van der Waals surface area contributed by atoms with Crippen molar-refractivity contribution in [2.75, 3.05) is 17.1 Å². The van der Waals surface area contributed by atoms with Crippen LogP contribution in [0.3, 0.4) is 0 Å². The summed E-state index contributed by atoms with van der Waals surface area (Å²) in [6.45, 7) is 3.94. The van der Waals surface area contributed by atoms with Crippen LogP contribution >= 0.6 is 11.9 Å². The molecule has 0 radical (unpaired) electrons. The Kier molecular flexibility index (Phi) is 5.98. The van der Waals surface area contributed by atoms with Crippen molar-refractivity contribution >= 4 is 29.2 Å². The second-order valence-corrected chi connectivity index (χ2v) is 6.88. The molecule has 1 aromatic heterocycles. The van der Waals surface area contributed by atoms with E-state index in [1.165, 1.54) is 11.9 Å². The Morgan fingerprint density at radius 1 is 1.07 bits per heavy atom. The number of amides is 1. The predicted octanol–water partition coefficient (Wildman–Crippen LogP) is 5.08. The van der Waals surface area contributed by atoms with Gasteiger partial charge in [-0.25, -0.2) is 0 Å². The third-order valence-corrected chi connectivity index (χ3v) is 4.98. The molecular formula is C21H21N3O2S. The SMILES string of the molecule is COc1ccc(NC(=O)c2cnccc2C)cc1SNc1ccccc1C. The lowest BCUT2D eigenvalue weighted by Crippen LogP contribution is -2.13. The van der Waals surface area contributed by atoms with Crippen molar-refractivity contribution in [2.24, 2.45) is 0 Å². The maximum Gasteiger partial charge on any atom is 0.257 e. The lowest BCUT2D eigenvalue weighted by atomic mass is 10.1. The van der Waals surface area contributed by atoms with E-state index in [1.807, 2.05) is 62.4 Å². The summed E-state index contributed by atoms with van der Waals surface area (Å²) in [7, 11) is 1.63. The van der Waals surface area contributed by atoms with Crippen LogP contribution in [-0.2, 0) is 0 Å². The number of benzene rings is 2. The second kappa shape index (κ2) is 8.60. The smallest absolute Gasteiger partial charge is 0.257 e. The molecule has 6 heteroatoms. The Bertz CT molecular complexity index is 960. The number of para-hydroxylation sites is 1. The first-order valence-corrected chi connectivity index (χ1v) is 9.28. The summed E-state index contributed by atoms with van der Waals surface area (Å²) >= 11 is 1.44. The molecule has 27 heavy (non-hydrogen) atoms. The molecule has 138 valence electrons. The van der Waals surface area contributed by atoms with Crippen LogP contribution in [0.2, 0.25) is 0 Å². The van der Waals surface area contributed by atoms with Crippen LogP contribution in [-0.4, -0.2) is 18.0 Å². The molecule has 1 amide bonds. The van der Waals surface area contributed by atoms with Crippen molar-refractivity contribution < 1.29 is 9.53 Å². The van der Waals surface area contributed by atoms with Crippen molar-refractivity contribution in [3.8, 4) is 5.75 Å². The van der Waals surface area contributed by atoms with Crippen LogP contribution in [0.1, 0.15) is 21.5 Å². The molecule has 3 aromatic rings. The van der Waals surface area contributed by atoms with Crippen LogP contribution in [0.15, 0.2) is 65.8 Å². The maximum atomic E-state index is 12.5. The van der Waals surface area contributed by atoms with Crippen LogP contribution in [0.4, 0.5) is 11.4 Å². The first kappa shape index (κ1) is 18.8. The molecule has 0 aliphatic rings. The highest BCUT2D eigenvalue weighted by atomic mass is 32.2. The zero-order valence-corrected chi connectivity index (χ0v) is 16.3. The number of rotatable bonds is 6. The van der Waals surface area contributed by atoms with Gasteiger partial charge in [0.15, 0.2) is 0 Å². The Morgan fingerprint density at radius 2 is 1.89 bits per heavy atom. The summed E-state index contributed by atoms with van der Waals surface area (Å²) in [5.74, 6) is 0.547. The monoisotopic (exact) mass is 379 g/mol. The van der Waals surface area contributed by atoms with E-state index in [1.54, 1.807) is 19.5 Å². The van der Waals surface area contributed by atoms with Gasteiger partial charge in [-0.3, -0.25) is 9.78 Å². The van der Waals surface area contributed by atoms with E-state index in [0.29, 0.717) is 11.3 Å². The first-order chi connectivity index (χ1) is 13.1. The van der Waals surface area contributed by atoms with E-state index in [0.717, 1.165) is 27.5 Å². The van der Waals surface area contributed by atoms with Gasteiger partial charge in [0.2, 0.25) is 0 Å². The van der Waals surface area contributed by atoms with E-state index in [9.17, 15) is 4.79 Å². The van der Waals surface area contributed by atoms with Gasteiger partial charge < -0.3 is 14.8 Å². The zero-order chi connectivity index (χ0) is 19.2. The molecule has 2 N–H and O–H groups in total. The molecule has 0 aliphatic heterocycles. The molecule has 2 aromatic carbocycles. The molecule has 0 saturated heterocycles. The van der Waals surface area contributed by atoms with Gasteiger partial charge in [-0.2, -0.15) is 0 Å². The molecule has 0 saturated carbocycles. The molecule has 0 aliphatic carbocycles. The number of methoxy groups -OCH3 is 1. The van der Waals surface area contributed by atoms with E-state index >= 15 is 0 Å². The number of aromatic nitrogens is 1. The molecule has 0 fully saturated rings. The average molecular weight is 379 g/mol. The van der Waals surface area contributed by atoms with Gasteiger partial charge >= 0.3 is 0 Å². The third kappa shape index (κ3) is 4.60. The van der Waals surface area contributed by atoms with Crippen molar-refractivity contribution in [3.05, 3.63) is 77.6 Å². The molecule has 5 nitrogen and oxygen atoms in total. The van der Waals surface area contributed by atoms with Crippen LogP contribution < -0.4 is 14.8 Å². The number of hydrogen-bond acceptors (Lipinski definition) is 5. The van der Waals surface area contributed by atoms with Gasteiger partial charge in [-0.15, -0.1) is 0 Å².